The normalized spacial score (nSPS) is 11.3. The summed E-state index contributed by atoms with van der Waals surface area (Å²) < 4.78 is 33.5. The Balaban J connectivity index is 1.88. The van der Waals surface area contributed by atoms with Gasteiger partial charge in [-0.05, 0) is 62.7 Å². The lowest BCUT2D eigenvalue weighted by Gasteiger charge is -2.13. The lowest BCUT2D eigenvalue weighted by molar-refractivity contribution is 0.102. The van der Waals surface area contributed by atoms with Crippen molar-refractivity contribution in [3.05, 3.63) is 76.2 Å². The number of amides is 1. The monoisotopic (exact) mass is 418 g/mol. The highest BCUT2D eigenvalue weighted by molar-refractivity contribution is 7.92. The van der Waals surface area contributed by atoms with Gasteiger partial charge in [0.15, 0.2) is 0 Å². The van der Waals surface area contributed by atoms with Gasteiger partial charge < -0.3 is 9.73 Å². The number of sulfonamides is 1. The number of benzene rings is 2. The van der Waals surface area contributed by atoms with Crippen molar-refractivity contribution in [3.8, 4) is 0 Å². The molecule has 1 amide bonds. The number of aryl methyl sites for hydroxylation is 3. The summed E-state index contributed by atoms with van der Waals surface area (Å²) in [6.07, 6.45) is 0. The van der Waals surface area contributed by atoms with Gasteiger partial charge >= 0.3 is 0 Å². The van der Waals surface area contributed by atoms with Crippen LogP contribution in [-0.4, -0.2) is 14.3 Å². The molecule has 0 fully saturated rings. The van der Waals surface area contributed by atoms with E-state index in [1.165, 1.54) is 12.1 Å². The highest BCUT2D eigenvalue weighted by atomic mass is 35.5. The molecule has 0 atom stereocenters. The van der Waals surface area contributed by atoms with Crippen LogP contribution < -0.4 is 10.0 Å². The minimum atomic E-state index is -3.87. The number of anilines is 2. The van der Waals surface area contributed by atoms with Gasteiger partial charge in [-0.15, -0.1) is 0 Å². The Hall–Kier alpha value is -2.77. The van der Waals surface area contributed by atoms with E-state index < -0.39 is 10.0 Å². The molecule has 8 heteroatoms. The first kappa shape index (κ1) is 20.0. The average molecular weight is 419 g/mol. The van der Waals surface area contributed by atoms with E-state index in [0.717, 1.165) is 0 Å². The lowest BCUT2D eigenvalue weighted by atomic mass is 10.2. The van der Waals surface area contributed by atoms with Gasteiger partial charge in [-0.25, -0.2) is 8.42 Å². The lowest BCUT2D eigenvalue weighted by Crippen LogP contribution is -2.16. The average Bonchev–Trinajstić information content (AvgIpc) is 2.94. The molecule has 3 rings (SSSR count). The first-order valence-electron chi connectivity index (χ1n) is 8.43. The molecule has 0 bridgehead atoms. The van der Waals surface area contributed by atoms with Gasteiger partial charge in [0.25, 0.3) is 15.9 Å². The van der Waals surface area contributed by atoms with Crippen LogP contribution in [0.25, 0.3) is 0 Å². The van der Waals surface area contributed by atoms with Crippen LogP contribution in [0.1, 0.15) is 27.4 Å². The van der Waals surface area contributed by atoms with Crippen molar-refractivity contribution < 1.29 is 17.6 Å². The zero-order valence-electron chi connectivity index (χ0n) is 15.5. The van der Waals surface area contributed by atoms with Gasteiger partial charge in [0, 0.05) is 10.7 Å². The van der Waals surface area contributed by atoms with Crippen molar-refractivity contribution in [1.82, 2.24) is 0 Å². The molecule has 1 heterocycles. The second-order valence-electron chi connectivity index (χ2n) is 6.38. The van der Waals surface area contributed by atoms with Crippen LogP contribution >= 0.6 is 11.6 Å². The summed E-state index contributed by atoms with van der Waals surface area (Å²) >= 11 is 5.92. The Kier molecular flexibility index (Phi) is 5.49. The first-order valence-corrected chi connectivity index (χ1v) is 10.3. The highest BCUT2D eigenvalue weighted by Crippen LogP contribution is 2.25. The summed E-state index contributed by atoms with van der Waals surface area (Å²) in [5, 5.41) is 3.13. The molecular weight excluding hydrogens is 400 g/mol. The van der Waals surface area contributed by atoms with Crippen LogP contribution in [0.2, 0.25) is 5.02 Å². The first-order chi connectivity index (χ1) is 13.2. The minimum absolute atomic E-state index is 0.0605. The van der Waals surface area contributed by atoms with Crippen LogP contribution in [0, 0.1) is 20.8 Å². The summed E-state index contributed by atoms with van der Waals surface area (Å²) in [5.74, 6) is 0.752. The number of carbonyl (C=O) groups is 1. The van der Waals surface area contributed by atoms with Crippen molar-refractivity contribution in [2.45, 2.75) is 25.7 Å². The van der Waals surface area contributed by atoms with Crippen molar-refractivity contribution in [2.75, 3.05) is 10.0 Å². The largest absolute Gasteiger partial charge is 0.466 e. The van der Waals surface area contributed by atoms with Crippen LogP contribution in [0.5, 0.6) is 0 Å². The Morgan fingerprint density at radius 1 is 1.00 bits per heavy atom. The maximum atomic E-state index is 12.8. The second-order valence-corrected chi connectivity index (χ2v) is 8.46. The molecule has 6 nitrogen and oxygen atoms in total. The highest BCUT2D eigenvalue weighted by Gasteiger charge is 2.19. The molecule has 0 aliphatic rings. The van der Waals surface area contributed by atoms with Gasteiger partial charge in [0.2, 0.25) is 0 Å². The summed E-state index contributed by atoms with van der Waals surface area (Å²) in [6, 6.07) is 12.8. The molecule has 0 aliphatic carbocycles. The van der Waals surface area contributed by atoms with Crippen LogP contribution in [0.4, 0.5) is 11.4 Å². The van der Waals surface area contributed by atoms with E-state index in [9.17, 15) is 13.2 Å². The Labute approximate surface area is 168 Å². The zero-order valence-corrected chi connectivity index (χ0v) is 17.1. The number of rotatable bonds is 5. The molecule has 0 spiro atoms. The zero-order chi connectivity index (χ0) is 20.5. The summed E-state index contributed by atoms with van der Waals surface area (Å²) in [7, 11) is -3.87. The predicted molar refractivity (Wildman–Crippen MR) is 110 cm³/mol. The van der Waals surface area contributed by atoms with Crippen molar-refractivity contribution in [2.24, 2.45) is 0 Å². The van der Waals surface area contributed by atoms with Crippen molar-refractivity contribution in [3.63, 3.8) is 0 Å². The van der Waals surface area contributed by atoms with Gasteiger partial charge in [0.05, 0.1) is 16.1 Å². The molecular formula is C20H19ClN2O4S. The SMILES string of the molecule is Cc1cc(C(=O)Nc2ccc(C)c(S(=O)(=O)Nc3cccc(Cl)c3)c2)c(C)o1. The van der Waals surface area contributed by atoms with Crippen LogP contribution in [0.15, 0.2) is 57.8 Å². The smallest absolute Gasteiger partial charge is 0.262 e. The van der Waals surface area contributed by atoms with Crippen molar-refractivity contribution >= 4 is 38.9 Å². The molecule has 2 N–H and O–H groups in total. The molecule has 0 unspecified atom stereocenters. The fraction of sp³-hybridized carbons (Fsp3) is 0.150. The molecule has 146 valence electrons. The maximum absolute atomic E-state index is 12.8. The van der Waals surface area contributed by atoms with E-state index in [1.54, 1.807) is 57.2 Å². The Morgan fingerprint density at radius 2 is 1.75 bits per heavy atom. The number of halogens is 1. The molecule has 1 aromatic heterocycles. The summed E-state index contributed by atoms with van der Waals surface area (Å²) in [4.78, 5) is 12.5. The van der Waals surface area contributed by atoms with Crippen LogP contribution in [-0.2, 0) is 10.0 Å². The topological polar surface area (TPSA) is 88.4 Å². The number of furan rings is 1. The molecule has 0 saturated carbocycles. The number of carbonyl (C=O) groups excluding carboxylic acids is 1. The van der Waals surface area contributed by atoms with E-state index in [1.807, 2.05) is 0 Å². The fourth-order valence-corrected chi connectivity index (χ4v) is 4.30. The molecule has 3 aromatic rings. The van der Waals surface area contributed by atoms with E-state index in [2.05, 4.69) is 10.0 Å². The van der Waals surface area contributed by atoms with Gasteiger partial charge in [-0.2, -0.15) is 0 Å². The summed E-state index contributed by atoms with van der Waals surface area (Å²) in [5.41, 5.74) is 1.66. The van der Waals surface area contributed by atoms with Gasteiger partial charge in [-0.3, -0.25) is 9.52 Å². The molecule has 28 heavy (non-hydrogen) atoms. The third-order valence-corrected chi connectivity index (χ3v) is 5.86. The third-order valence-electron chi connectivity index (χ3n) is 4.10. The summed E-state index contributed by atoms with van der Waals surface area (Å²) in [6.45, 7) is 5.13. The minimum Gasteiger partial charge on any atom is -0.466 e. The van der Waals surface area contributed by atoms with E-state index in [4.69, 9.17) is 16.0 Å². The van der Waals surface area contributed by atoms with Gasteiger partial charge in [0.1, 0.15) is 11.5 Å². The van der Waals surface area contributed by atoms with Crippen LogP contribution in [0.3, 0.4) is 0 Å². The molecule has 2 aromatic carbocycles. The second kappa shape index (κ2) is 7.69. The van der Waals surface area contributed by atoms with E-state index in [0.29, 0.717) is 39.0 Å². The number of hydrogen-bond donors (Lipinski definition) is 2. The standard InChI is InChI=1S/C20H19ClN2O4S/c1-12-7-8-16(22-20(24)18-9-13(2)27-14(18)3)11-19(12)28(25,26)23-17-6-4-5-15(21)10-17/h4-11,23H,1-3H3,(H,22,24). The third kappa shape index (κ3) is 4.37. The molecule has 0 aliphatic heterocycles. The molecule has 0 radical (unpaired) electrons. The Morgan fingerprint density at radius 3 is 2.39 bits per heavy atom. The molecule has 0 saturated heterocycles. The van der Waals surface area contributed by atoms with Gasteiger partial charge in [-0.1, -0.05) is 23.7 Å². The van der Waals surface area contributed by atoms with E-state index >= 15 is 0 Å². The quantitative estimate of drug-likeness (QED) is 0.616. The number of nitrogens with one attached hydrogen (secondary N) is 2. The van der Waals surface area contributed by atoms with Crippen molar-refractivity contribution in [1.29, 1.82) is 0 Å². The fourth-order valence-electron chi connectivity index (χ4n) is 2.78. The number of hydrogen-bond acceptors (Lipinski definition) is 4. The Bertz CT molecular complexity index is 1150. The van der Waals surface area contributed by atoms with E-state index in [-0.39, 0.29) is 10.8 Å². The predicted octanol–water partition coefficient (Wildman–Crippen LogP) is 4.91. The maximum Gasteiger partial charge on any atom is 0.262 e.